The molecule has 32 heavy (non-hydrogen) atoms. The fourth-order valence-electron chi connectivity index (χ4n) is 3.82. The van der Waals surface area contributed by atoms with E-state index in [0.717, 1.165) is 12.1 Å². The largest absolute Gasteiger partial charge is 0.478 e. The standard InChI is InChI=1S/C24H16Cl2F3NO2/c1-13-9-14(24(27,28)29)10-21-18(13)11-16(30(21)15-5-3-2-4-6-15)12-19-20(25)8-7-17(22(19)26)23(31)32/h2-11H,12H2,1H3,(H,31,32). The van der Waals surface area contributed by atoms with Crippen molar-refractivity contribution in [2.24, 2.45) is 0 Å². The molecule has 0 radical (unpaired) electrons. The Hall–Kier alpha value is -2.96. The summed E-state index contributed by atoms with van der Waals surface area (Å²) in [4.78, 5) is 11.5. The Morgan fingerprint density at radius 1 is 1.03 bits per heavy atom. The van der Waals surface area contributed by atoms with Gasteiger partial charge in [-0.3, -0.25) is 0 Å². The van der Waals surface area contributed by atoms with Gasteiger partial charge in [-0.05, 0) is 60.5 Å². The summed E-state index contributed by atoms with van der Waals surface area (Å²) in [5, 5.41) is 10.3. The minimum atomic E-state index is -4.49. The maximum atomic E-state index is 13.5. The second kappa shape index (κ2) is 8.19. The number of aromatic carboxylic acids is 1. The average Bonchev–Trinajstić information content (AvgIpc) is 3.09. The Morgan fingerprint density at radius 3 is 2.34 bits per heavy atom. The lowest BCUT2D eigenvalue weighted by Gasteiger charge is -2.15. The van der Waals surface area contributed by atoms with Gasteiger partial charge in [0.25, 0.3) is 0 Å². The lowest BCUT2D eigenvalue weighted by Crippen LogP contribution is -2.07. The van der Waals surface area contributed by atoms with Crippen molar-refractivity contribution in [2.75, 3.05) is 0 Å². The fourth-order valence-corrected chi connectivity index (χ4v) is 4.41. The highest BCUT2D eigenvalue weighted by atomic mass is 35.5. The number of alkyl halides is 3. The molecule has 1 aromatic heterocycles. The molecule has 0 unspecified atom stereocenters. The number of halogens is 5. The van der Waals surface area contributed by atoms with Crippen LogP contribution in [0.4, 0.5) is 13.2 Å². The summed E-state index contributed by atoms with van der Waals surface area (Å²) >= 11 is 12.7. The number of benzene rings is 3. The molecule has 0 amide bonds. The average molecular weight is 478 g/mol. The number of carboxylic acids is 1. The van der Waals surface area contributed by atoms with E-state index in [-0.39, 0.29) is 22.0 Å². The van der Waals surface area contributed by atoms with E-state index in [2.05, 4.69) is 0 Å². The molecule has 0 fully saturated rings. The highest BCUT2D eigenvalue weighted by Crippen LogP contribution is 2.37. The molecule has 3 nitrogen and oxygen atoms in total. The van der Waals surface area contributed by atoms with Gasteiger partial charge in [-0.15, -0.1) is 0 Å². The third kappa shape index (κ3) is 3.96. The van der Waals surface area contributed by atoms with Crippen molar-refractivity contribution >= 4 is 40.1 Å². The maximum absolute atomic E-state index is 13.5. The molecule has 4 rings (SSSR count). The number of nitrogens with zero attached hydrogens (tertiary/aromatic N) is 1. The molecule has 0 bridgehead atoms. The number of fused-ring (bicyclic) bond motifs is 1. The van der Waals surface area contributed by atoms with E-state index in [1.54, 1.807) is 41.8 Å². The summed E-state index contributed by atoms with van der Waals surface area (Å²) in [7, 11) is 0. The first-order valence-corrected chi connectivity index (χ1v) is 10.3. The number of para-hydroxylation sites is 1. The Bertz CT molecular complexity index is 1350. The molecule has 0 saturated heterocycles. The molecule has 3 aromatic carbocycles. The zero-order valence-corrected chi connectivity index (χ0v) is 18.2. The van der Waals surface area contributed by atoms with Crippen LogP contribution in [0.3, 0.4) is 0 Å². The smallest absolute Gasteiger partial charge is 0.416 e. The molecule has 0 aliphatic carbocycles. The molecule has 0 atom stereocenters. The molecular formula is C24H16Cl2F3NO2. The quantitative estimate of drug-likeness (QED) is 0.329. The molecule has 0 aliphatic rings. The number of hydrogen-bond acceptors (Lipinski definition) is 1. The first-order chi connectivity index (χ1) is 15.1. The van der Waals surface area contributed by atoms with E-state index in [1.165, 1.54) is 12.1 Å². The van der Waals surface area contributed by atoms with Crippen molar-refractivity contribution in [1.29, 1.82) is 0 Å². The Labute approximate surface area is 191 Å². The number of hydrogen-bond donors (Lipinski definition) is 1. The van der Waals surface area contributed by atoms with Crippen molar-refractivity contribution in [3.63, 3.8) is 0 Å². The van der Waals surface area contributed by atoms with Gasteiger partial charge in [0.1, 0.15) is 0 Å². The van der Waals surface area contributed by atoms with Crippen LogP contribution in [-0.2, 0) is 12.6 Å². The van der Waals surface area contributed by atoms with Gasteiger partial charge in [0.05, 0.1) is 21.7 Å². The second-order valence-electron chi connectivity index (χ2n) is 7.40. The second-order valence-corrected chi connectivity index (χ2v) is 8.18. The van der Waals surface area contributed by atoms with Crippen LogP contribution >= 0.6 is 23.2 Å². The molecule has 0 aliphatic heterocycles. The molecule has 1 heterocycles. The molecule has 0 spiro atoms. The third-order valence-corrected chi connectivity index (χ3v) is 6.11. The molecular weight excluding hydrogens is 462 g/mol. The number of rotatable bonds is 4. The van der Waals surface area contributed by atoms with Crippen molar-refractivity contribution in [3.05, 3.63) is 98.7 Å². The van der Waals surface area contributed by atoms with Gasteiger partial charge in [0.15, 0.2) is 0 Å². The number of carboxylic acid groups (broad SMARTS) is 1. The van der Waals surface area contributed by atoms with Crippen molar-refractivity contribution < 1.29 is 23.1 Å². The van der Waals surface area contributed by atoms with Gasteiger partial charge in [0.2, 0.25) is 0 Å². The fraction of sp³-hybridized carbons (Fsp3) is 0.125. The number of carbonyl (C=O) groups is 1. The lowest BCUT2D eigenvalue weighted by molar-refractivity contribution is -0.137. The van der Waals surface area contributed by atoms with Crippen LogP contribution in [0.2, 0.25) is 10.0 Å². The Balaban J connectivity index is 2.00. The summed E-state index contributed by atoms with van der Waals surface area (Å²) < 4.78 is 42.2. The van der Waals surface area contributed by atoms with Crippen LogP contribution in [0.15, 0.2) is 60.7 Å². The topological polar surface area (TPSA) is 42.2 Å². The minimum Gasteiger partial charge on any atom is -0.478 e. The van der Waals surface area contributed by atoms with Crippen molar-refractivity contribution in [2.45, 2.75) is 19.5 Å². The maximum Gasteiger partial charge on any atom is 0.416 e. The monoisotopic (exact) mass is 477 g/mol. The first-order valence-electron chi connectivity index (χ1n) is 9.55. The summed E-state index contributed by atoms with van der Waals surface area (Å²) in [6, 6.07) is 15.8. The third-order valence-electron chi connectivity index (χ3n) is 5.32. The molecule has 0 saturated carbocycles. The predicted molar refractivity (Wildman–Crippen MR) is 119 cm³/mol. The molecule has 164 valence electrons. The van der Waals surface area contributed by atoms with Crippen molar-refractivity contribution in [1.82, 2.24) is 4.57 Å². The van der Waals surface area contributed by atoms with Gasteiger partial charge >= 0.3 is 12.1 Å². The van der Waals surface area contributed by atoms with Crippen LogP contribution in [0.5, 0.6) is 0 Å². The van der Waals surface area contributed by atoms with Gasteiger partial charge in [-0.25, -0.2) is 4.79 Å². The van der Waals surface area contributed by atoms with E-state index in [1.807, 2.05) is 6.07 Å². The summed E-state index contributed by atoms with van der Waals surface area (Å²) in [5.41, 5.74) is 1.71. The van der Waals surface area contributed by atoms with Crippen LogP contribution in [0.25, 0.3) is 16.6 Å². The summed E-state index contributed by atoms with van der Waals surface area (Å²) in [6.07, 6.45) is -4.36. The highest BCUT2D eigenvalue weighted by molar-refractivity contribution is 6.38. The van der Waals surface area contributed by atoms with Crippen LogP contribution in [0.1, 0.15) is 32.7 Å². The van der Waals surface area contributed by atoms with Gasteiger partial charge < -0.3 is 9.67 Å². The van der Waals surface area contributed by atoms with Crippen LogP contribution in [-0.4, -0.2) is 15.6 Å². The predicted octanol–water partition coefficient (Wildman–Crippen LogP) is 7.55. The number of aryl methyl sites for hydroxylation is 1. The zero-order valence-electron chi connectivity index (χ0n) is 16.7. The van der Waals surface area contributed by atoms with Gasteiger partial charge in [0, 0.05) is 28.2 Å². The Kier molecular flexibility index (Phi) is 5.69. The van der Waals surface area contributed by atoms with Gasteiger partial charge in [-0.1, -0.05) is 41.4 Å². The first kappa shape index (κ1) is 22.2. The van der Waals surface area contributed by atoms with E-state index in [0.29, 0.717) is 33.4 Å². The van der Waals surface area contributed by atoms with E-state index in [9.17, 15) is 23.1 Å². The van der Waals surface area contributed by atoms with E-state index in [4.69, 9.17) is 23.2 Å². The minimum absolute atomic E-state index is 0.00238. The SMILES string of the molecule is Cc1cc(C(F)(F)F)cc2c1cc(Cc1c(Cl)ccc(C(=O)O)c1Cl)n2-c1ccccc1. The highest BCUT2D eigenvalue weighted by Gasteiger charge is 2.32. The van der Waals surface area contributed by atoms with Crippen LogP contribution in [0, 0.1) is 6.92 Å². The number of aromatic nitrogens is 1. The Morgan fingerprint density at radius 2 is 1.72 bits per heavy atom. The molecule has 4 aromatic rings. The van der Waals surface area contributed by atoms with Gasteiger partial charge in [-0.2, -0.15) is 13.2 Å². The summed E-state index contributed by atoms with van der Waals surface area (Å²) in [5.74, 6) is -1.19. The van der Waals surface area contributed by atoms with Crippen LogP contribution < -0.4 is 0 Å². The lowest BCUT2D eigenvalue weighted by atomic mass is 10.0. The normalized spacial score (nSPS) is 11.8. The van der Waals surface area contributed by atoms with E-state index >= 15 is 0 Å². The zero-order chi connectivity index (χ0) is 23.2. The molecule has 1 N–H and O–H groups in total. The van der Waals surface area contributed by atoms with Crippen molar-refractivity contribution in [3.8, 4) is 5.69 Å². The summed E-state index contributed by atoms with van der Waals surface area (Å²) in [6.45, 7) is 1.63. The van der Waals surface area contributed by atoms with E-state index < -0.39 is 17.7 Å². The molecule has 8 heteroatoms.